The first kappa shape index (κ1) is 10.5. The fraction of sp³-hybridized carbons (Fsp3) is 0.556. The van der Waals surface area contributed by atoms with E-state index in [0.29, 0.717) is 5.04 Å². The van der Waals surface area contributed by atoms with Crippen LogP contribution in [0, 0.1) is 0 Å². The number of rotatable bonds is 2. The van der Waals surface area contributed by atoms with Crippen molar-refractivity contribution in [1.82, 2.24) is 4.90 Å². The van der Waals surface area contributed by atoms with Gasteiger partial charge in [0.2, 0.25) is 0 Å². The van der Waals surface area contributed by atoms with Gasteiger partial charge in [-0.05, 0) is 13.5 Å². The lowest BCUT2D eigenvalue weighted by molar-refractivity contribution is -0.102. The van der Waals surface area contributed by atoms with Crippen LogP contribution in [0.3, 0.4) is 0 Å². The van der Waals surface area contributed by atoms with E-state index in [-0.39, 0.29) is 0 Å². The van der Waals surface area contributed by atoms with E-state index in [4.69, 9.17) is 0 Å². The van der Waals surface area contributed by atoms with Crippen LogP contribution in [-0.4, -0.2) is 43.4 Å². The van der Waals surface area contributed by atoms with E-state index in [9.17, 15) is 4.79 Å². The molecule has 1 rings (SSSR count). The smallest absolute Gasteiger partial charge is 0.174 e. The van der Waals surface area contributed by atoms with Crippen LogP contribution in [0.15, 0.2) is 16.0 Å². The molecule has 0 aromatic carbocycles. The van der Waals surface area contributed by atoms with Gasteiger partial charge in [-0.15, -0.1) is 0 Å². The van der Waals surface area contributed by atoms with Gasteiger partial charge in [0.25, 0.3) is 0 Å². The maximum Gasteiger partial charge on any atom is 0.174 e. The molecule has 0 aliphatic carbocycles. The number of likely N-dealkylation sites (N-methyl/N-ethyl adjacent to an activating group) is 1. The number of aldehydes is 1. The molecule has 0 bridgehead atoms. The minimum Gasteiger partial charge on any atom is -0.301 e. The fourth-order valence-corrected chi connectivity index (χ4v) is 2.08. The molecule has 13 heavy (non-hydrogen) atoms. The zero-order valence-electron chi connectivity index (χ0n) is 7.99. The van der Waals surface area contributed by atoms with Gasteiger partial charge in [0.15, 0.2) is 6.29 Å². The van der Waals surface area contributed by atoms with Crippen molar-refractivity contribution in [3.63, 3.8) is 0 Å². The van der Waals surface area contributed by atoms with Crippen molar-refractivity contribution < 1.29 is 4.79 Å². The summed E-state index contributed by atoms with van der Waals surface area (Å²) < 4.78 is 0. The van der Waals surface area contributed by atoms with Gasteiger partial charge in [0.1, 0.15) is 5.04 Å². The summed E-state index contributed by atoms with van der Waals surface area (Å²) in [5.74, 6) is 0. The third-order valence-corrected chi connectivity index (χ3v) is 2.91. The molecule has 0 unspecified atom stereocenters. The van der Waals surface area contributed by atoms with E-state index in [1.54, 1.807) is 7.05 Å². The molecule has 4 heteroatoms. The third kappa shape index (κ3) is 3.32. The first-order chi connectivity index (χ1) is 6.26. The zero-order valence-corrected chi connectivity index (χ0v) is 8.80. The monoisotopic (exact) mass is 198 g/mol. The van der Waals surface area contributed by atoms with Gasteiger partial charge in [-0.2, -0.15) is 0 Å². The zero-order chi connectivity index (χ0) is 9.68. The highest BCUT2D eigenvalue weighted by molar-refractivity contribution is 8.18. The number of carbonyl (C=O) groups excluding carboxylic acids is 1. The SMILES string of the molecule is CN=C(C=O)SC1=CCCN(C)C1. The topological polar surface area (TPSA) is 32.7 Å². The largest absolute Gasteiger partial charge is 0.301 e. The van der Waals surface area contributed by atoms with Crippen LogP contribution >= 0.6 is 11.8 Å². The van der Waals surface area contributed by atoms with Crippen molar-refractivity contribution in [3.05, 3.63) is 11.0 Å². The molecule has 0 aromatic heterocycles. The molecule has 0 aromatic rings. The Kier molecular flexibility index (Phi) is 4.18. The summed E-state index contributed by atoms with van der Waals surface area (Å²) in [7, 11) is 3.72. The summed E-state index contributed by atoms with van der Waals surface area (Å²) >= 11 is 1.47. The summed E-state index contributed by atoms with van der Waals surface area (Å²) in [6.45, 7) is 2.03. The van der Waals surface area contributed by atoms with E-state index in [0.717, 1.165) is 25.8 Å². The molecule has 0 N–H and O–H groups in total. The van der Waals surface area contributed by atoms with Crippen molar-refractivity contribution in [2.24, 2.45) is 4.99 Å². The van der Waals surface area contributed by atoms with Gasteiger partial charge in [-0.25, -0.2) is 0 Å². The summed E-state index contributed by atoms with van der Waals surface area (Å²) in [6.07, 6.45) is 4.05. The minimum absolute atomic E-state index is 0.557. The summed E-state index contributed by atoms with van der Waals surface area (Å²) in [4.78, 5) is 17.8. The highest BCUT2D eigenvalue weighted by Crippen LogP contribution is 2.21. The number of aliphatic imine (C=N–C) groups is 1. The molecule has 0 spiro atoms. The summed E-state index contributed by atoms with van der Waals surface area (Å²) in [5, 5.41) is 0.557. The van der Waals surface area contributed by atoms with Crippen molar-refractivity contribution in [2.45, 2.75) is 6.42 Å². The normalized spacial score (nSPS) is 19.8. The molecular formula is C9H14N2OS. The molecule has 1 aliphatic heterocycles. The Hall–Kier alpha value is -0.610. The number of hydrogen-bond donors (Lipinski definition) is 0. The van der Waals surface area contributed by atoms with Gasteiger partial charge in [-0.3, -0.25) is 9.79 Å². The highest BCUT2D eigenvalue weighted by atomic mass is 32.2. The summed E-state index contributed by atoms with van der Waals surface area (Å²) in [5.41, 5.74) is 0. The minimum atomic E-state index is 0.557. The first-order valence-corrected chi connectivity index (χ1v) is 5.05. The van der Waals surface area contributed by atoms with Crippen LogP contribution in [0.5, 0.6) is 0 Å². The molecule has 1 aliphatic rings. The maximum absolute atomic E-state index is 10.5. The number of thioether (sulfide) groups is 1. The Morgan fingerprint density at radius 3 is 3.08 bits per heavy atom. The summed E-state index contributed by atoms with van der Waals surface area (Å²) in [6, 6.07) is 0. The van der Waals surface area contributed by atoms with E-state index in [2.05, 4.69) is 23.0 Å². The number of nitrogens with zero attached hydrogens (tertiary/aromatic N) is 2. The highest BCUT2D eigenvalue weighted by Gasteiger charge is 2.10. The first-order valence-electron chi connectivity index (χ1n) is 4.23. The van der Waals surface area contributed by atoms with Gasteiger partial charge in [0.05, 0.1) is 0 Å². The molecular weight excluding hydrogens is 184 g/mol. The Bertz CT molecular complexity index is 248. The maximum atomic E-state index is 10.5. The van der Waals surface area contributed by atoms with Crippen molar-refractivity contribution in [2.75, 3.05) is 27.2 Å². The second kappa shape index (κ2) is 5.19. The van der Waals surface area contributed by atoms with Crippen molar-refractivity contribution in [1.29, 1.82) is 0 Å². The second-order valence-electron chi connectivity index (χ2n) is 2.98. The Morgan fingerprint density at radius 2 is 2.54 bits per heavy atom. The molecule has 0 radical (unpaired) electrons. The lowest BCUT2D eigenvalue weighted by Gasteiger charge is -2.21. The molecule has 1 heterocycles. The average Bonchev–Trinajstić information content (AvgIpc) is 2.14. The van der Waals surface area contributed by atoms with Gasteiger partial charge >= 0.3 is 0 Å². The van der Waals surface area contributed by atoms with Crippen LogP contribution in [0.2, 0.25) is 0 Å². The van der Waals surface area contributed by atoms with E-state index >= 15 is 0 Å². The molecule has 0 fully saturated rings. The molecule has 0 saturated heterocycles. The second-order valence-corrected chi connectivity index (χ2v) is 4.13. The third-order valence-electron chi connectivity index (χ3n) is 1.87. The Morgan fingerprint density at radius 1 is 1.77 bits per heavy atom. The lowest BCUT2D eigenvalue weighted by atomic mass is 10.3. The van der Waals surface area contributed by atoms with E-state index in [1.807, 2.05) is 0 Å². The number of hydrogen-bond acceptors (Lipinski definition) is 4. The predicted octanol–water partition coefficient (Wildman–Crippen LogP) is 1.17. The van der Waals surface area contributed by atoms with Crippen molar-refractivity contribution in [3.8, 4) is 0 Å². The van der Waals surface area contributed by atoms with Crippen LogP contribution in [0.25, 0.3) is 0 Å². The molecule has 3 nitrogen and oxygen atoms in total. The molecule has 72 valence electrons. The van der Waals surface area contributed by atoms with Crippen molar-refractivity contribution >= 4 is 23.1 Å². The molecule has 0 saturated carbocycles. The van der Waals surface area contributed by atoms with Crippen LogP contribution in [0.4, 0.5) is 0 Å². The Labute approximate surface area is 82.9 Å². The van der Waals surface area contributed by atoms with E-state index in [1.165, 1.54) is 16.7 Å². The van der Waals surface area contributed by atoms with Crippen LogP contribution in [-0.2, 0) is 4.79 Å². The predicted molar refractivity (Wildman–Crippen MR) is 57.2 cm³/mol. The van der Waals surface area contributed by atoms with Gasteiger partial charge < -0.3 is 4.90 Å². The Balaban J connectivity index is 2.53. The van der Waals surface area contributed by atoms with Gasteiger partial charge in [0, 0.05) is 25.0 Å². The van der Waals surface area contributed by atoms with Gasteiger partial charge in [-0.1, -0.05) is 17.8 Å². The van der Waals surface area contributed by atoms with E-state index < -0.39 is 0 Å². The lowest BCUT2D eigenvalue weighted by Crippen LogP contribution is -2.25. The van der Waals surface area contributed by atoms with Crippen LogP contribution < -0.4 is 0 Å². The molecule has 0 amide bonds. The average molecular weight is 198 g/mol. The molecule has 0 atom stereocenters. The quantitative estimate of drug-likeness (QED) is 0.379. The standard InChI is InChI=1S/C9H14N2OS/c1-10-9(7-12)13-8-4-3-5-11(2)6-8/h4,7H,3,5-6H2,1-2H3. The number of carbonyl (C=O) groups is 1. The fourth-order valence-electron chi connectivity index (χ4n) is 1.19. The van der Waals surface area contributed by atoms with Crippen LogP contribution in [0.1, 0.15) is 6.42 Å².